The van der Waals surface area contributed by atoms with Gasteiger partial charge in [0.05, 0.1) is 11.1 Å². The molecular weight excluding hydrogens is 172 g/mol. The molecule has 0 atom stereocenters. The molecule has 0 saturated carbocycles. The maximum Gasteiger partial charge on any atom is 0.0736 e. The van der Waals surface area contributed by atoms with E-state index < -0.39 is 0 Å². The van der Waals surface area contributed by atoms with Crippen LogP contribution in [0, 0.1) is 0 Å². The quantitative estimate of drug-likeness (QED) is 0.595. The summed E-state index contributed by atoms with van der Waals surface area (Å²) in [7, 11) is 0. The molecule has 0 radical (unpaired) electrons. The molecule has 68 valence electrons. The lowest BCUT2D eigenvalue weighted by atomic mass is 10.1. The summed E-state index contributed by atoms with van der Waals surface area (Å²) in [6.45, 7) is 0. The largest absolute Gasteiger partial charge is 0.399 e. The predicted molar refractivity (Wildman–Crippen MR) is 56.9 cm³/mol. The molecule has 2 heteroatoms. The van der Waals surface area contributed by atoms with E-state index in [1.807, 2.05) is 18.2 Å². The minimum absolute atomic E-state index is 0.774. The van der Waals surface area contributed by atoms with Crippen molar-refractivity contribution in [1.82, 2.24) is 0 Å². The zero-order chi connectivity index (χ0) is 9.54. The number of anilines is 1. The van der Waals surface area contributed by atoms with E-state index in [2.05, 4.69) is 23.2 Å². The van der Waals surface area contributed by atoms with Crippen molar-refractivity contribution in [3.05, 3.63) is 52.7 Å². The third-order valence-electron chi connectivity index (χ3n) is 2.56. The van der Waals surface area contributed by atoms with Gasteiger partial charge in [-0.05, 0) is 18.6 Å². The summed E-state index contributed by atoms with van der Waals surface area (Å²) in [6.07, 6.45) is 7.41. The van der Waals surface area contributed by atoms with Crippen molar-refractivity contribution in [2.45, 2.75) is 6.42 Å². The third-order valence-corrected chi connectivity index (χ3v) is 2.56. The molecule has 3 rings (SSSR count). The normalized spacial score (nSPS) is 17.1. The molecule has 2 N–H and O–H groups in total. The van der Waals surface area contributed by atoms with Crippen molar-refractivity contribution in [3.63, 3.8) is 0 Å². The number of benzene rings is 1. The predicted octanol–water partition coefficient (Wildman–Crippen LogP) is 0.896. The first-order chi connectivity index (χ1) is 6.84. The first kappa shape index (κ1) is 7.56. The van der Waals surface area contributed by atoms with E-state index in [4.69, 9.17) is 5.73 Å². The van der Waals surface area contributed by atoms with Crippen molar-refractivity contribution in [1.29, 1.82) is 0 Å². The van der Waals surface area contributed by atoms with E-state index in [9.17, 15) is 0 Å². The van der Waals surface area contributed by atoms with Gasteiger partial charge in [0.1, 0.15) is 0 Å². The number of nitrogen functional groups attached to an aromatic ring is 1. The standard InChI is InChI=1S/C12H10N2/c13-8-5-6-10-9-3-1-2-4-11(9)14-12(10)7-8/h1,3-7H,2,13H2. The Morgan fingerprint density at radius 2 is 2.21 bits per heavy atom. The Morgan fingerprint density at radius 3 is 3.14 bits per heavy atom. The van der Waals surface area contributed by atoms with Crippen molar-refractivity contribution in [3.8, 4) is 0 Å². The summed E-state index contributed by atoms with van der Waals surface area (Å²) in [6, 6.07) is 5.89. The minimum atomic E-state index is 0.774. The molecule has 1 aliphatic carbocycles. The number of hydrogen-bond acceptors (Lipinski definition) is 2. The highest BCUT2D eigenvalue weighted by Gasteiger charge is 2.11. The molecular formula is C12H10N2. The zero-order valence-corrected chi connectivity index (χ0v) is 7.70. The molecule has 2 aliphatic rings. The molecule has 1 heterocycles. The number of nitrogens with zero attached hydrogens (tertiary/aromatic N) is 1. The average molecular weight is 182 g/mol. The first-order valence-corrected chi connectivity index (χ1v) is 4.70. The van der Waals surface area contributed by atoms with Crippen LogP contribution in [0.15, 0.2) is 47.1 Å². The van der Waals surface area contributed by atoms with Crippen LogP contribution in [0.4, 0.5) is 5.69 Å². The van der Waals surface area contributed by atoms with E-state index in [1.54, 1.807) is 0 Å². The van der Waals surface area contributed by atoms with Gasteiger partial charge in [-0.25, -0.2) is 4.99 Å². The Morgan fingerprint density at radius 1 is 1.29 bits per heavy atom. The average Bonchev–Trinajstić information content (AvgIpc) is 2.54. The molecule has 0 fully saturated rings. The van der Waals surface area contributed by atoms with Crippen molar-refractivity contribution in [2.75, 3.05) is 5.73 Å². The van der Waals surface area contributed by atoms with Gasteiger partial charge in [0.15, 0.2) is 0 Å². The summed E-state index contributed by atoms with van der Waals surface area (Å²) in [5, 5.41) is 2.19. The van der Waals surface area contributed by atoms with Crippen LogP contribution in [0.1, 0.15) is 6.42 Å². The Labute approximate surface area is 81.8 Å². The van der Waals surface area contributed by atoms with E-state index in [0.717, 1.165) is 23.2 Å². The van der Waals surface area contributed by atoms with Crippen LogP contribution in [0.5, 0.6) is 0 Å². The highest BCUT2D eigenvalue weighted by molar-refractivity contribution is 5.75. The highest BCUT2D eigenvalue weighted by atomic mass is 14.8. The molecule has 14 heavy (non-hydrogen) atoms. The van der Waals surface area contributed by atoms with Crippen LogP contribution in [0.2, 0.25) is 0 Å². The lowest BCUT2D eigenvalue weighted by Crippen LogP contribution is -2.22. The molecule has 0 saturated heterocycles. The lowest BCUT2D eigenvalue weighted by Gasteiger charge is -2.01. The number of hydrogen-bond donors (Lipinski definition) is 1. The van der Waals surface area contributed by atoms with Gasteiger partial charge in [0, 0.05) is 16.5 Å². The maximum absolute atomic E-state index is 5.71. The molecule has 1 aromatic carbocycles. The van der Waals surface area contributed by atoms with Gasteiger partial charge in [-0.15, -0.1) is 0 Å². The topological polar surface area (TPSA) is 38.4 Å². The molecule has 1 aromatic rings. The SMILES string of the molecule is Nc1ccc2c(c1)=NC1=CCC=CC=21. The molecule has 0 aromatic heterocycles. The van der Waals surface area contributed by atoms with Crippen LogP contribution in [0.25, 0.3) is 5.57 Å². The smallest absolute Gasteiger partial charge is 0.0736 e. The molecule has 0 amide bonds. The summed E-state index contributed by atoms with van der Waals surface area (Å²) in [4.78, 5) is 4.53. The van der Waals surface area contributed by atoms with Gasteiger partial charge in [0.2, 0.25) is 0 Å². The summed E-state index contributed by atoms with van der Waals surface area (Å²) in [5.74, 6) is 0. The Kier molecular flexibility index (Phi) is 1.39. The van der Waals surface area contributed by atoms with Crippen molar-refractivity contribution in [2.24, 2.45) is 4.99 Å². The fraction of sp³-hybridized carbons (Fsp3) is 0.0833. The maximum atomic E-state index is 5.71. The molecule has 2 nitrogen and oxygen atoms in total. The highest BCUT2D eigenvalue weighted by Crippen LogP contribution is 2.20. The fourth-order valence-electron chi connectivity index (χ4n) is 1.89. The fourth-order valence-corrected chi connectivity index (χ4v) is 1.89. The molecule has 0 bridgehead atoms. The first-order valence-electron chi connectivity index (χ1n) is 4.70. The van der Waals surface area contributed by atoms with Gasteiger partial charge in [-0.3, -0.25) is 0 Å². The van der Waals surface area contributed by atoms with Crippen LogP contribution >= 0.6 is 0 Å². The second-order valence-electron chi connectivity index (χ2n) is 3.53. The van der Waals surface area contributed by atoms with E-state index >= 15 is 0 Å². The number of rotatable bonds is 0. The number of fused-ring (bicyclic) bond motifs is 2. The zero-order valence-electron chi connectivity index (χ0n) is 7.70. The van der Waals surface area contributed by atoms with Gasteiger partial charge >= 0.3 is 0 Å². The Balaban J connectivity index is 2.45. The molecule has 0 unspecified atom stereocenters. The van der Waals surface area contributed by atoms with Gasteiger partial charge in [0.25, 0.3) is 0 Å². The van der Waals surface area contributed by atoms with Crippen LogP contribution in [-0.4, -0.2) is 0 Å². The monoisotopic (exact) mass is 182 g/mol. The van der Waals surface area contributed by atoms with Crippen LogP contribution in [0.3, 0.4) is 0 Å². The molecule has 1 aliphatic heterocycles. The summed E-state index contributed by atoms with van der Waals surface area (Å²) < 4.78 is 0. The van der Waals surface area contributed by atoms with Crippen LogP contribution in [-0.2, 0) is 0 Å². The van der Waals surface area contributed by atoms with Crippen LogP contribution < -0.4 is 16.3 Å². The van der Waals surface area contributed by atoms with E-state index in [0.29, 0.717) is 0 Å². The minimum Gasteiger partial charge on any atom is -0.399 e. The van der Waals surface area contributed by atoms with Crippen molar-refractivity contribution >= 4 is 11.3 Å². The molecule has 0 spiro atoms. The van der Waals surface area contributed by atoms with Gasteiger partial charge < -0.3 is 5.73 Å². The second-order valence-corrected chi connectivity index (χ2v) is 3.53. The van der Waals surface area contributed by atoms with E-state index in [1.165, 1.54) is 10.8 Å². The Hall–Kier alpha value is -1.83. The van der Waals surface area contributed by atoms with Gasteiger partial charge in [-0.2, -0.15) is 0 Å². The summed E-state index contributed by atoms with van der Waals surface area (Å²) in [5.41, 5.74) is 8.81. The second kappa shape index (κ2) is 2.58. The van der Waals surface area contributed by atoms with Crippen molar-refractivity contribution < 1.29 is 0 Å². The number of nitrogens with two attached hydrogens (primary N) is 1. The van der Waals surface area contributed by atoms with Gasteiger partial charge in [-0.1, -0.05) is 24.3 Å². The lowest BCUT2D eigenvalue weighted by molar-refractivity contribution is 1.25. The Bertz CT molecular complexity index is 577. The third kappa shape index (κ3) is 0.940. The number of allylic oxidation sites excluding steroid dienone is 3. The van der Waals surface area contributed by atoms with E-state index in [-0.39, 0.29) is 0 Å². The summed E-state index contributed by atoms with van der Waals surface area (Å²) >= 11 is 0.